The van der Waals surface area contributed by atoms with Gasteiger partial charge in [-0.1, -0.05) is 6.07 Å². The highest BCUT2D eigenvalue weighted by molar-refractivity contribution is 5.44. The number of hydrogen-bond acceptors (Lipinski definition) is 3. The number of nitrogens with two attached hydrogens (primary N) is 1. The smallest absolute Gasteiger partial charge is 0.0317 e. The summed E-state index contributed by atoms with van der Waals surface area (Å²) in [5, 5.41) is 0. The summed E-state index contributed by atoms with van der Waals surface area (Å²) < 4.78 is 0. The largest absolute Gasteiger partial charge is 0.399 e. The highest BCUT2D eigenvalue weighted by Crippen LogP contribution is 2.19. The molecule has 3 nitrogen and oxygen atoms in total. The zero-order valence-electron chi connectivity index (χ0n) is 11.1. The van der Waals surface area contributed by atoms with Crippen molar-refractivity contribution in [2.75, 3.05) is 32.9 Å². The average Bonchev–Trinajstić information content (AvgIpc) is 2.72. The first-order chi connectivity index (χ1) is 8.06. The Kier molecular flexibility index (Phi) is 3.69. The Hall–Kier alpha value is -1.06. The summed E-state index contributed by atoms with van der Waals surface area (Å²) in [5.74, 6) is 0. The molecule has 0 saturated carbocycles. The van der Waals surface area contributed by atoms with Crippen LogP contribution >= 0.6 is 0 Å². The quantitative estimate of drug-likeness (QED) is 0.807. The van der Waals surface area contributed by atoms with Crippen LogP contribution in [0.4, 0.5) is 5.69 Å². The van der Waals surface area contributed by atoms with E-state index in [1.807, 2.05) is 6.07 Å². The standard InChI is InChI=1S/C14H23N3/c1-11-4-5-13(15)8-12(11)9-17-7-6-14(10-17)16(2)3/h4-5,8,14H,6-7,9-10,15H2,1-3H3. The van der Waals surface area contributed by atoms with E-state index in [0.29, 0.717) is 6.04 Å². The highest BCUT2D eigenvalue weighted by Gasteiger charge is 2.23. The van der Waals surface area contributed by atoms with Gasteiger partial charge in [-0.15, -0.1) is 0 Å². The first-order valence-electron chi connectivity index (χ1n) is 6.30. The molecule has 1 aliphatic rings. The third-order valence-corrected chi connectivity index (χ3v) is 3.74. The fraction of sp³-hybridized carbons (Fsp3) is 0.571. The normalized spacial score (nSPS) is 21.3. The first-order valence-corrected chi connectivity index (χ1v) is 6.30. The van der Waals surface area contributed by atoms with Crippen molar-refractivity contribution < 1.29 is 0 Å². The number of likely N-dealkylation sites (N-methyl/N-ethyl adjacent to an activating group) is 1. The van der Waals surface area contributed by atoms with Crippen molar-refractivity contribution in [3.63, 3.8) is 0 Å². The molecule has 1 aromatic carbocycles. The molecule has 0 spiro atoms. The summed E-state index contributed by atoms with van der Waals surface area (Å²) >= 11 is 0. The molecule has 1 atom stereocenters. The van der Waals surface area contributed by atoms with E-state index in [1.165, 1.54) is 30.6 Å². The lowest BCUT2D eigenvalue weighted by molar-refractivity contribution is 0.264. The molecule has 0 aromatic heterocycles. The van der Waals surface area contributed by atoms with Gasteiger partial charge in [-0.2, -0.15) is 0 Å². The van der Waals surface area contributed by atoms with E-state index in [1.54, 1.807) is 0 Å². The summed E-state index contributed by atoms with van der Waals surface area (Å²) in [6, 6.07) is 6.91. The van der Waals surface area contributed by atoms with Crippen LogP contribution in [0.15, 0.2) is 18.2 Å². The topological polar surface area (TPSA) is 32.5 Å². The average molecular weight is 233 g/mol. The molecule has 1 heterocycles. The van der Waals surface area contributed by atoms with Crippen molar-refractivity contribution >= 4 is 5.69 Å². The van der Waals surface area contributed by atoms with Crippen LogP contribution in [0, 0.1) is 6.92 Å². The predicted octanol–water partition coefficient (Wildman–Crippen LogP) is 1.71. The highest BCUT2D eigenvalue weighted by atomic mass is 15.2. The van der Waals surface area contributed by atoms with E-state index < -0.39 is 0 Å². The Morgan fingerprint density at radius 3 is 2.82 bits per heavy atom. The van der Waals surface area contributed by atoms with Crippen LogP contribution in [-0.4, -0.2) is 43.0 Å². The van der Waals surface area contributed by atoms with Gasteiger partial charge in [-0.05, 0) is 50.7 Å². The van der Waals surface area contributed by atoms with Crippen LogP contribution in [-0.2, 0) is 6.54 Å². The van der Waals surface area contributed by atoms with Gasteiger partial charge in [0.2, 0.25) is 0 Å². The Bertz CT molecular complexity index is 387. The second-order valence-electron chi connectivity index (χ2n) is 5.33. The third-order valence-electron chi connectivity index (χ3n) is 3.74. The van der Waals surface area contributed by atoms with Gasteiger partial charge < -0.3 is 10.6 Å². The molecule has 0 bridgehead atoms. The minimum atomic E-state index is 0.705. The number of rotatable bonds is 3. The molecule has 17 heavy (non-hydrogen) atoms. The Balaban J connectivity index is 2.00. The maximum atomic E-state index is 5.85. The van der Waals surface area contributed by atoms with Crippen molar-refractivity contribution in [1.82, 2.24) is 9.80 Å². The summed E-state index contributed by atoms with van der Waals surface area (Å²) in [5.41, 5.74) is 9.43. The van der Waals surface area contributed by atoms with Gasteiger partial charge in [0.25, 0.3) is 0 Å². The number of nitrogen functional groups attached to an aromatic ring is 1. The fourth-order valence-corrected chi connectivity index (χ4v) is 2.48. The van der Waals surface area contributed by atoms with E-state index >= 15 is 0 Å². The number of benzene rings is 1. The van der Waals surface area contributed by atoms with Crippen molar-refractivity contribution in [3.8, 4) is 0 Å². The van der Waals surface area contributed by atoms with Gasteiger partial charge in [0.15, 0.2) is 0 Å². The van der Waals surface area contributed by atoms with E-state index in [9.17, 15) is 0 Å². The number of likely N-dealkylation sites (tertiary alicyclic amines) is 1. The van der Waals surface area contributed by atoms with Crippen LogP contribution in [0.2, 0.25) is 0 Å². The van der Waals surface area contributed by atoms with E-state index in [0.717, 1.165) is 12.2 Å². The molecule has 3 heteroatoms. The van der Waals surface area contributed by atoms with Gasteiger partial charge in [0.05, 0.1) is 0 Å². The molecule has 1 unspecified atom stereocenters. The number of anilines is 1. The molecule has 1 saturated heterocycles. The molecular formula is C14H23N3. The maximum absolute atomic E-state index is 5.85. The monoisotopic (exact) mass is 233 g/mol. The van der Waals surface area contributed by atoms with Gasteiger partial charge in [0.1, 0.15) is 0 Å². The number of hydrogen-bond donors (Lipinski definition) is 1. The summed E-state index contributed by atoms with van der Waals surface area (Å²) in [6.07, 6.45) is 1.27. The van der Waals surface area contributed by atoms with E-state index in [-0.39, 0.29) is 0 Å². The minimum Gasteiger partial charge on any atom is -0.399 e. The van der Waals surface area contributed by atoms with Crippen LogP contribution in [0.3, 0.4) is 0 Å². The Morgan fingerprint density at radius 1 is 1.41 bits per heavy atom. The lowest BCUT2D eigenvalue weighted by Gasteiger charge is -2.21. The summed E-state index contributed by atoms with van der Waals surface area (Å²) in [4.78, 5) is 4.85. The molecule has 1 aromatic rings. The molecule has 1 aliphatic heterocycles. The van der Waals surface area contributed by atoms with Gasteiger partial charge in [-0.3, -0.25) is 4.90 Å². The van der Waals surface area contributed by atoms with E-state index in [4.69, 9.17) is 5.73 Å². The molecular weight excluding hydrogens is 210 g/mol. The second-order valence-corrected chi connectivity index (χ2v) is 5.33. The zero-order valence-corrected chi connectivity index (χ0v) is 11.1. The van der Waals surface area contributed by atoms with Crippen molar-refractivity contribution in [2.24, 2.45) is 0 Å². The van der Waals surface area contributed by atoms with Crippen molar-refractivity contribution in [1.29, 1.82) is 0 Å². The van der Waals surface area contributed by atoms with Gasteiger partial charge in [-0.25, -0.2) is 0 Å². The molecule has 2 N–H and O–H groups in total. The van der Waals surface area contributed by atoms with Crippen LogP contribution in [0.5, 0.6) is 0 Å². The maximum Gasteiger partial charge on any atom is 0.0317 e. The lowest BCUT2D eigenvalue weighted by Crippen LogP contribution is -2.31. The minimum absolute atomic E-state index is 0.705. The second kappa shape index (κ2) is 5.07. The molecule has 0 radical (unpaired) electrons. The van der Waals surface area contributed by atoms with Gasteiger partial charge >= 0.3 is 0 Å². The van der Waals surface area contributed by atoms with Crippen molar-refractivity contribution in [3.05, 3.63) is 29.3 Å². The predicted molar refractivity (Wildman–Crippen MR) is 73.0 cm³/mol. The fourth-order valence-electron chi connectivity index (χ4n) is 2.48. The summed E-state index contributed by atoms with van der Waals surface area (Å²) in [6.45, 7) is 5.55. The molecule has 2 rings (SSSR count). The molecule has 94 valence electrons. The lowest BCUT2D eigenvalue weighted by atomic mass is 10.1. The number of aryl methyl sites for hydroxylation is 1. The summed E-state index contributed by atoms with van der Waals surface area (Å²) in [7, 11) is 4.33. The van der Waals surface area contributed by atoms with Crippen molar-refractivity contribution in [2.45, 2.75) is 25.9 Å². The zero-order chi connectivity index (χ0) is 12.4. The third kappa shape index (κ3) is 2.99. The van der Waals surface area contributed by atoms with Crippen LogP contribution in [0.25, 0.3) is 0 Å². The van der Waals surface area contributed by atoms with Crippen LogP contribution < -0.4 is 5.73 Å². The SMILES string of the molecule is Cc1ccc(N)cc1CN1CCC(N(C)C)C1. The number of nitrogens with zero attached hydrogens (tertiary/aromatic N) is 2. The molecule has 0 aliphatic carbocycles. The first kappa shape index (κ1) is 12.4. The Morgan fingerprint density at radius 2 is 2.18 bits per heavy atom. The van der Waals surface area contributed by atoms with Gasteiger partial charge in [0, 0.05) is 31.4 Å². The van der Waals surface area contributed by atoms with E-state index in [2.05, 4.69) is 43.0 Å². The Labute approximate surface area is 104 Å². The molecule has 0 amide bonds. The molecule has 1 fully saturated rings. The van der Waals surface area contributed by atoms with Crippen LogP contribution in [0.1, 0.15) is 17.5 Å².